The molecule has 4 N–H and O–H groups in total. The van der Waals surface area contributed by atoms with E-state index in [0.29, 0.717) is 18.7 Å². The van der Waals surface area contributed by atoms with Crippen molar-refractivity contribution in [2.45, 2.75) is 45.9 Å². The lowest BCUT2D eigenvalue weighted by Crippen LogP contribution is -2.41. The Balaban J connectivity index is 2.34. The number of aromatic hydroxyl groups is 2. The van der Waals surface area contributed by atoms with Crippen LogP contribution < -0.4 is 10.6 Å². The average Bonchev–Trinajstić information content (AvgIpc) is 2.33. The third-order valence-electron chi connectivity index (χ3n) is 2.66. The van der Waals surface area contributed by atoms with Gasteiger partial charge in [-0.2, -0.15) is 0 Å². The molecular formula is C15H24N2O4. The molecule has 1 unspecified atom stereocenters. The third kappa shape index (κ3) is 6.85. The van der Waals surface area contributed by atoms with Crippen LogP contribution in [-0.4, -0.2) is 34.5 Å². The molecule has 0 aromatic heterocycles. The number of benzene rings is 1. The van der Waals surface area contributed by atoms with E-state index in [0.717, 1.165) is 0 Å². The first-order valence-electron chi connectivity index (χ1n) is 6.88. The molecule has 0 spiro atoms. The summed E-state index contributed by atoms with van der Waals surface area (Å²) >= 11 is 0. The summed E-state index contributed by atoms with van der Waals surface area (Å²) in [5.74, 6) is 0.0608. The summed E-state index contributed by atoms with van der Waals surface area (Å²) in [7, 11) is 0. The fraction of sp³-hybridized carbons (Fsp3) is 0.533. The largest absolute Gasteiger partial charge is 0.508 e. The lowest BCUT2D eigenvalue weighted by molar-refractivity contribution is 0.0523. The highest BCUT2D eigenvalue weighted by molar-refractivity contribution is 5.67. The van der Waals surface area contributed by atoms with E-state index in [9.17, 15) is 15.0 Å². The van der Waals surface area contributed by atoms with E-state index in [-0.39, 0.29) is 17.5 Å². The van der Waals surface area contributed by atoms with E-state index in [1.807, 2.05) is 27.7 Å². The Morgan fingerprint density at radius 1 is 1.33 bits per heavy atom. The maximum absolute atomic E-state index is 11.5. The first kappa shape index (κ1) is 17.1. The molecule has 1 aromatic carbocycles. The standard InChI is InChI=1S/C15H24N2O4/c1-10(8-17-14(20)21-15(2,3)4)16-9-11-5-6-12(18)7-13(11)19/h5-7,10,16,18-19H,8-9H2,1-4H3,(H,17,20). The highest BCUT2D eigenvalue weighted by atomic mass is 16.6. The normalized spacial score (nSPS) is 12.8. The number of amides is 1. The minimum atomic E-state index is -0.515. The zero-order chi connectivity index (χ0) is 16.0. The number of phenolic OH excluding ortho intramolecular Hbond substituents is 2. The Morgan fingerprint density at radius 3 is 2.57 bits per heavy atom. The maximum atomic E-state index is 11.5. The molecule has 0 fully saturated rings. The first-order chi connectivity index (χ1) is 9.67. The summed E-state index contributed by atoms with van der Waals surface area (Å²) in [6, 6.07) is 4.46. The van der Waals surface area contributed by atoms with Gasteiger partial charge in [0.15, 0.2) is 0 Å². The van der Waals surface area contributed by atoms with Crippen molar-refractivity contribution in [3.8, 4) is 11.5 Å². The molecule has 0 saturated carbocycles. The first-order valence-corrected chi connectivity index (χ1v) is 6.88. The molecule has 0 bridgehead atoms. The maximum Gasteiger partial charge on any atom is 0.407 e. The van der Waals surface area contributed by atoms with Gasteiger partial charge in [0.2, 0.25) is 0 Å². The van der Waals surface area contributed by atoms with Crippen LogP contribution in [0.2, 0.25) is 0 Å². The highest BCUT2D eigenvalue weighted by Gasteiger charge is 2.16. The minimum absolute atomic E-state index is 0.00530. The summed E-state index contributed by atoms with van der Waals surface area (Å²) in [6.45, 7) is 8.18. The van der Waals surface area contributed by atoms with Gasteiger partial charge in [-0.1, -0.05) is 6.07 Å². The molecule has 118 valence electrons. The number of nitrogens with one attached hydrogen (secondary N) is 2. The number of carbonyl (C=O) groups is 1. The van der Waals surface area contributed by atoms with Gasteiger partial charge in [-0.15, -0.1) is 0 Å². The van der Waals surface area contributed by atoms with Crippen LogP contribution >= 0.6 is 0 Å². The molecule has 0 aliphatic carbocycles. The third-order valence-corrected chi connectivity index (χ3v) is 2.66. The number of ether oxygens (including phenoxy) is 1. The van der Waals surface area contributed by atoms with Crippen LogP contribution in [0.4, 0.5) is 4.79 Å². The molecule has 0 aliphatic heterocycles. The van der Waals surface area contributed by atoms with Crippen molar-refractivity contribution in [3.05, 3.63) is 23.8 Å². The van der Waals surface area contributed by atoms with E-state index in [1.165, 1.54) is 12.1 Å². The topological polar surface area (TPSA) is 90.8 Å². The molecule has 0 heterocycles. The molecular weight excluding hydrogens is 272 g/mol. The predicted octanol–water partition coefficient (Wildman–Crippen LogP) is 2.10. The van der Waals surface area contributed by atoms with E-state index in [2.05, 4.69) is 10.6 Å². The average molecular weight is 296 g/mol. The van der Waals surface area contributed by atoms with Crippen LogP contribution in [0.1, 0.15) is 33.3 Å². The lowest BCUT2D eigenvalue weighted by Gasteiger charge is -2.21. The Kier molecular flexibility index (Phi) is 5.84. The molecule has 1 atom stereocenters. The molecule has 0 saturated heterocycles. The highest BCUT2D eigenvalue weighted by Crippen LogP contribution is 2.22. The number of hydrogen-bond donors (Lipinski definition) is 4. The molecule has 0 radical (unpaired) electrons. The van der Waals surface area contributed by atoms with Crippen molar-refractivity contribution in [1.82, 2.24) is 10.6 Å². The van der Waals surface area contributed by atoms with Gasteiger partial charge in [-0.25, -0.2) is 4.79 Å². The second-order valence-corrected chi connectivity index (χ2v) is 5.98. The van der Waals surface area contributed by atoms with E-state index < -0.39 is 11.7 Å². The van der Waals surface area contributed by atoms with Crippen LogP contribution in [0.3, 0.4) is 0 Å². The number of alkyl carbamates (subject to hydrolysis) is 1. The molecule has 21 heavy (non-hydrogen) atoms. The number of hydrogen-bond acceptors (Lipinski definition) is 5. The number of phenols is 2. The summed E-state index contributed by atoms with van der Waals surface area (Å²) in [4.78, 5) is 11.5. The van der Waals surface area contributed by atoms with Crippen LogP contribution in [0.25, 0.3) is 0 Å². The SMILES string of the molecule is CC(CNC(=O)OC(C)(C)C)NCc1ccc(O)cc1O. The molecule has 6 nitrogen and oxygen atoms in total. The Morgan fingerprint density at radius 2 is 2.00 bits per heavy atom. The molecule has 1 aromatic rings. The summed E-state index contributed by atoms with van der Waals surface area (Å²) in [5.41, 5.74) is 0.162. The molecule has 1 rings (SSSR count). The second-order valence-electron chi connectivity index (χ2n) is 5.98. The van der Waals surface area contributed by atoms with E-state index in [1.54, 1.807) is 6.07 Å². The van der Waals surface area contributed by atoms with Gasteiger partial charge in [0.1, 0.15) is 17.1 Å². The molecule has 0 aliphatic rings. The van der Waals surface area contributed by atoms with Crippen LogP contribution in [0.15, 0.2) is 18.2 Å². The lowest BCUT2D eigenvalue weighted by atomic mass is 10.2. The quantitative estimate of drug-likeness (QED) is 0.668. The Bertz CT molecular complexity index is 483. The predicted molar refractivity (Wildman–Crippen MR) is 80.3 cm³/mol. The van der Waals surface area contributed by atoms with Crippen molar-refractivity contribution in [1.29, 1.82) is 0 Å². The fourth-order valence-corrected chi connectivity index (χ4v) is 1.61. The zero-order valence-electron chi connectivity index (χ0n) is 12.9. The van der Waals surface area contributed by atoms with Gasteiger partial charge in [0.25, 0.3) is 0 Å². The monoisotopic (exact) mass is 296 g/mol. The van der Waals surface area contributed by atoms with Crippen molar-refractivity contribution in [2.24, 2.45) is 0 Å². The fourth-order valence-electron chi connectivity index (χ4n) is 1.61. The molecule has 6 heteroatoms. The van der Waals surface area contributed by atoms with Gasteiger partial charge in [0.05, 0.1) is 0 Å². The summed E-state index contributed by atoms with van der Waals surface area (Å²) < 4.78 is 5.14. The van der Waals surface area contributed by atoms with Crippen LogP contribution in [0, 0.1) is 0 Å². The van der Waals surface area contributed by atoms with Crippen molar-refractivity contribution in [3.63, 3.8) is 0 Å². The van der Waals surface area contributed by atoms with Gasteiger partial charge in [0, 0.05) is 30.8 Å². The van der Waals surface area contributed by atoms with E-state index >= 15 is 0 Å². The molecule has 1 amide bonds. The summed E-state index contributed by atoms with van der Waals surface area (Å²) in [6.07, 6.45) is -0.455. The Labute approximate surface area is 125 Å². The van der Waals surface area contributed by atoms with Crippen LogP contribution in [-0.2, 0) is 11.3 Å². The van der Waals surface area contributed by atoms with Gasteiger partial charge in [-0.05, 0) is 33.8 Å². The van der Waals surface area contributed by atoms with Crippen molar-refractivity contribution >= 4 is 6.09 Å². The van der Waals surface area contributed by atoms with E-state index in [4.69, 9.17) is 4.74 Å². The van der Waals surface area contributed by atoms with Gasteiger partial charge >= 0.3 is 6.09 Å². The number of rotatable bonds is 5. The van der Waals surface area contributed by atoms with Crippen molar-refractivity contribution < 1.29 is 19.7 Å². The summed E-state index contributed by atoms with van der Waals surface area (Å²) in [5, 5.41) is 24.7. The van der Waals surface area contributed by atoms with Crippen molar-refractivity contribution in [2.75, 3.05) is 6.54 Å². The second kappa shape index (κ2) is 7.17. The number of carbonyl (C=O) groups excluding carboxylic acids is 1. The minimum Gasteiger partial charge on any atom is -0.508 e. The van der Waals surface area contributed by atoms with Crippen LogP contribution in [0.5, 0.6) is 11.5 Å². The smallest absolute Gasteiger partial charge is 0.407 e. The Hall–Kier alpha value is -1.95. The zero-order valence-corrected chi connectivity index (χ0v) is 12.9. The van der Waals surface area contributed by atoms with Gasteiger partial charge < -0.3 is 25.6 Å². The van der Waals surface area contributed by atoms with Gasteiger partial charge in [-0.3, -0.25) is 0 Å².